The predicted molar refractivity (Wildman–Crippen MR) is 174 cm³/mol. The molecule has 0 bridgehead atoms. The van der Waals surface area contributed by atoms with Crippen LogP contribution >= 0.6 is 11.6 Å². The van der Waals surface area contributed by atoms with Crippen molar-refractivity contribution in [1.29, 1.82) is 0 Å². The second-order valence-electron chi connectivity index (χ2n) is 10.8. The van der Waals surface area contributed by atoms with Gasteiger partial charge in [0.1, 0.15) is 18.6 Å². The van der Waals surface area contributed by atoms with Gasteiger partial charge in [-0.3, -0.25) is 38.6 Å². The number of hydrogen-bond donors (Lipinski definition) is 10. The molecule has 0 saturated heterocycles. The Morgan fingerprint density at radius 3 is 1.36 bits per heavy atom. The van der Waals surface area contributed by atoms with Crippen molar-refractivity contribution in [1.82, 2.24) is 41.7 Å². The van der Waals surface area contributed by atoms with Gasteiger partial charge in [0.2, 0.25) is 29.5 Å². The van der Waals surface area contributed by atoms with Gasteiger partial charge < -0.3 is 53.0 Å². The highest BCUT2D eigenvalue weighted by atomic mass is 35.5. The fourth-order valence-electron chi connectivity index (χ4n) is 4.05. The Labute approximate surface area is 280 Å². The van der Waals surface area contributed by atoms with Gasteiger partial charge >= 0.3 is 0 Å². The molecule has 0 aliphatic heterocycles. The van der Waals surface area contributed by atoms with Crippen LogP contribution in [0.1, 0.15) is 26.2 Å². The SMILES string of the molecule is CC(=O)CC(=O)NCCN(CCNC(=O)CC(=O)NCCN(CCNC(=O)CC(=O)NCCNCCN)CC(O)CO)CC(O)CCl. The van der Waals surface area contributed by atoms with E-state index in [0.717, 1.165) is 0 Å². The summed E-state index contributed by atoms with van der Waals surface area (Å²) in [6.45, 7) is 4.89. The molecule has 11 N–H and O–H groups in total. The van der Waals surface area contributed by atoms with Gasteiger partial charge in [0.05, 0.1) is 25.2 Å². The van der Waals surface area contributed by atoms with E-state index < -0.39 is 54.8 Å². The van der Waals surface area contributed by atoms with Crippen LogP contribution in [-0.2, 0) is 28.8 Å². The fourth-order valence-corrected chi connectivity index (χ4v) is 4.15. The van der Waals surface area contributed by atoms with Gasteiger partial charge in [0, 0.05) is 97.5 Å². The van der Waals surface area contributed by atoms with Crippen molar-refractivity contribution in [2.75, 3.05) is 104 Å². The number of alkyl halides is 1. The van der Waals surface area contributed by atoms with E-state index >= 15 is 0 Å². The molecule has 0 aliphatic rings. The maximum absolute atomic E-state index is 12.3. The molecule has 0 aromatic heterocycles. The van der Waals surface area contributed by atoms with E-state index in [1.54, 1.807) is 9.80 Å². The Morgan fingerprint density at radius 1 is 0.617 bits per heavy atom. The van der Waals surface area contributed by atoms with Crippen LogP contribution in [0.3, 0.4) is 0 Å². The molecule has 0 fully saturated rings. The summed E-state index contributed by atoms with van der Waals surface area (Å²) < 4.78 is 0. The number of Topliss-reactive ketones (excluding diaryl/α,β-unsaturated/α-hetero) is 1. The lowest BCUT2D eigenvalue weighted by Gasteiger charge is -2.25. The van der Waals surface area contributed by atoms with Crippen molar-refractivity contribution in [2.24, 2.45) is 5.73 Å². The number of nitrogens with one attached hydrogen (secondary N) is 6. The smallest absolute Gasteiger partial charge is 0.229 e. The molecule has 19 heteroatoms. The standard InChI is InChI=1S/C28H54ClN9O9/c1-21(40)14-24(43)33-6-10-37(18-22(41)17-29)11-7-34-27(46)16-28(47)36-9-13-38(19-23(42)20-39)12-8-35-26(45)15-25(44)32-5-4-31-3-2-30/h22-23,31,39,41-42H,2-20,30H2,1H3,(H,32,44)(H,33,43)(H,34,46)(H,35,45)(H,36,47). The van der Waals surface area contributed by atoms with Crippen LogP contribution < -0.4 is 37.6 Å². The minimum Gasteiger partial charge on any atom is -0.394 e. The molecule has 47 heavy (non-hydrogen) atoms. The number of hydrogen-bond acceptors (Lipinski definition) is 13. The van der Waals surface area contributed by atoms with E-state index in [1.807, 2.05) is 0 Å². The lowest BCUT2D eigenvalue weighted by molar-refractivity contribution is -0.130. The first-order valence-electron chi connectivity index (χ1n) is 15.6. The van der Waals surface area contributed by atoms with Gasteiger partial charge in [-0.05, 0) is 6.92 Å². The molecule has 0 heterocycles. The Kier molecular flexibility index (Phi) is 26.3. The summed E-state index contributed by atoms with van der Waals surface area (Å²) in [7, 11) is 0. The lowest BCUT2D eigenvalue weighted by atomic mass is 10.3. The molecular formula is C28H54ClN9O9. The molecule has 0 aliphatic carbocycles. The van der Waals surface area contributed by atoms with Crippen molar-refractivity contribution in [2.45, 2.75) is 38.4 Å². The number of amides is 5. The second kappa shape index (κ2) is 28.1. The summed E-state index contributed by atoms with van der Waals surface area (Å²) in [4.78, 5) is 74.7. The predicted octanol–water partition coefficient (Wildman–Crippen LogP) is -5.57. The Hall–Kier alpha value is -2.97. The number of aliphatic hydroxyl groups is 3. The number of aliphatic hydroxyl groups excluding tert-OH is 3. The number of nitrogens with two attached hydrogens (primary N) is 1. The van der Waals surface area contributed by atoms with Crippen LogP contribution in [0, 0.1) is 0 Å². The zero-order valence-corrected chi connectivity index (χ0v) is 28.0. The summed E-state index contributed by atoms with van der Waals surface area (Å²) in [6.07, 6.45) is -2.88. The van der Waals surface area contributed by atoms with E-state index in [0.29, 0.717) is 39.3 Å². The molecular weight excluding hydrogens is 642 g/mol. The minimum absolute atomic E-state index is 0.00172. The largest absolute Gasteiger partial charge is 0.394 e. The Bertz CT molecular complexity index is 949. The highest BCUT2D eigenvalue weighted by Crippen LogP contribution is 1.96. The Balaban J connectivity index is 4.50. The van der Waals surface area contributed by atoms with E-state index in [9.17, 15) is 44.1 Å². The van der Waals surface area contributed by atoms with Crippen molar-refractivity contribution in [3.05, 3.63) is 0 Å². The van der Waals surface area contributed by atoms with Crippen molar-refractivity contribution in [3.63, 3.8) is 0 Å². The number of carbonyl (C=O) groups is 6. The quantitative estimate of drug-likeness (QED) is 0.0199. The van der Waals surface area contributed by atoms with Crippen LogP contribution in [0.4, 0.5) is 0 Å². The first kappa shape index (κ1) is 44.0. The van der Waals surface area contributed by atoms with Crippen LogP contribution in [-0.4, -0.2) is 177 Å². The number of nitrogens with zero attached hydrogens (tertiary/aromatic N) is 2. The van der Waals surface area contributed by atoms with E-state index in [1.165, 1.54) is 6.92 Å². The maximum atomic E-state index is 12.3. The topological polar surface area (TPSA) is 268 Å². The number of halogens is 1. The van der Waals surface area contributed by atoms with Crippen molar-refractivity contribution < 1.29 is 44.1 Å². The third-order valence-electron chi connectivity index (χ3n) is 6.32. The molecule has 2 unspecified atom stereocenters. The number of rotatable bonds is 29. The molecule has 0 rings (SSSR count). The molecule has 2 atom stereocenters. The molecule has 18 nitrogen and oxygen atoms in total. The third kappa shape index (κ3) is 26.8. The van der Waals surface area contributed by atoms with Gasteiger partial charge in [-0.25, -0.2) is 0 Å². The lowest BCUT2D eigenvalue weighted by Crippen LogP contribution is -2.45. The summed E-state index contributed by atoms with van der Waals surface area (Å²) in [6, 6.07) is 0. The van der Waals surface area contributed by atoms with Gasteiger partial charge in [-0.2, -0.15) is 0 Å². The molecule has 0 spiro atoms. The summed E-state index contributed by atoms with van der Waals surface area (Å²) in [5.74, 6) is -2.63. The van der Waals surface area contributed by atoms with Crippen LogP contribution in [0.2, 0.25) is 0 Å². The fraction of sp³-hybridized carbons (Fsp3) is 0.786. The molecule has 0 aromatic carbocycles. The van der Waals surface area contributed by atoms with Gasteiger partial charge in [-0.15, -0.1) is 11.6 Å². The minimum atomic E-state index is -1.05. The summed E-state index contributed by atoms with van der Waals surface area (Å²) in [5, 5.41) is 45.1. The Morgan fingerprint density at radius 2 is 1.00 bits per heavy atom. The van der Waals surface area contributed by atoms with E-state index in [4.69, 9.17) is 17.3 Å². The molecule has 5 amide bonds. The summed E-state index contributed by atoms with van der Waals surface area (Å²) >= 11 is 5.69. The zero-order valence-electron chi connectivity index (χ0n) is 27.2. The van der Waals surface area contributed by atoms with E-state index in [-0.39, 0.29) is 76.9 Å². The number of carbonyl (C=O) groups excluding carboxylic acids is 6. The van der Waals surface area contributed by atoms with Crippen LogP contribution in [0.15, 0.2) is 0 Å². The average molecular weight is 696 g/mol. The van der Waals surface area contributed by atoms with Gasteiger partial charge in [0.15, 0.2) is 0 Å². The average Bonchev–Trinajstić information content (AvgIpc) is 3.00. The zero-order chi connectivity index (χ0) is 35.5. The molecule has 0 saturated carbocycles. The highest BCUT2D eigenvalue weighted by molar-refractivity contribution is 6.18. The van der Waals surface area contributed by atoms with Gasteiger partial charge in [-0.1, -0.05) is 0 Å². The summed E-state index contributed by atoms with van der Waals surface area (Å²) in [5.41, 5.74) is 5.37. The molecule has 0 radical (unpaired) electrons. The first-order valence-corrected chi connectivity index (χ1v) is 16.1. The monoisotopic (exact) mass is 695 g/mol. The van der Waals surface area contributed by atoms with Gasteiger partial charge in [0.25, 0.3) is 0 Å². The number of ketones is 1. The van der Waals surface area contributed by atoms with Crippen LogP contribution in [0.25, 0.3) is 0 Å². The van der Waals surface area contributed by atoms with Crippen molar-refractivity contribution in [3.8, 4) is 0 Å². The third-order valence-corrected chi connectivity index (χ3v) is 6.68. The van der Waals surface area contributed by atoms with E-state index in [2.05, 4.69) is 31.9 Å². The molecule has 272 valence electrons. The highest BCUT2D eigenvalue weighted by Gasteiger charge is 2.16. The normalized spacial score (nSPS) is 12.3. The molecule has 0 aromatic rings. The van der Waals surface area contributed by atoms with Crippen molar-refractivity contribution >= 4 is 46.9 Å². The second-order valence-corrected chi connectivity index (χ2v) is 11.1. The van der Waals surface area contributed by atoms with Crippen LogP contribution in [0.5, 0.6) is 0 Å². The first-order chi connectivity index (χ1) is 22.4. The maximum Gasteiger partial charge on any atom is 0.229 e.